The first kappa shape index (κ1) is 13.0. The maximum atomic E-state index is 13.1. The fourth-order valence-electron chi connectivity index (χ4n) is 2.47. The third-order valence-corrected chi connectivity index (χ3v) is 4.05. The Bertz CT molecular complexity index is 380. The van der Waals surface area contributed by atoms with Gasteiger partial charge in [-0.25, -0.2) is 4.39 Å². The van der Waals surface area contributed by atoms with Gasteiger partial charge in [0.2, 0.25) is 0 Å². The van der Waals surface area contributed by atoms with Crippen LogP contribution >= 0.6 is 15.9 Å². The second-order valence-corrected chi connectivity index (χ2v) is 5.90. The number of likely N-dealkylation sites (tertiary alicyclic amines) is 1. The van der Waals surface area contributed by atoms with E-state index in [2.05, 4.69) is 27.8 Å². The van der Waals surface area contributed by atoms with Gasteiger partial charge in [0.05, 0.1) is 4.47 Å². The van der Waals surface area contributed by atoms with Crippen molar-refractivity contribution in [2.75, 3.05) is 19.6 Å². The lowest BCUT2D eigenvalue weighted by atomic mass is 10.00. The summed E-state index contributed by atoms with van der Waals surface area (Å²) in [5.41, 5.74) is 1.21. The van der Waals surface area contributed by atoms with Crippen LogP contribution in [0.4, 0.5) is 4.39 Å². The molecular weight excluding hydrogens is 281 g/mol. The summed E-state index contributed by atoms with van der Waals surface area (Å²) >= 11 is 3.23. The van der Waals surface area contributed by atoms with E-state index in [-0.39, 0.29) is 5.82 Å². The Hall–Kier alpha value is -0.410. The van der Waals surface area contributed by atoms with Crippen LogP contribution in [0.3, 0.4) is 0 Å². The molecule has 0 saturated carbocycles. The highest BCUT2D eigenvalue weighted by molar-refractivity contribution is 9.10. The van der Waals surface area contributed by atoms with Gasteiger partial charge in [0.15, 0.2) is 0 Å². The zero-order chi connectivity index (χ0) is 12.3. The topological polar surface area (TPSA) is 3.24 Å². The second-order valence-electron chi connectivity index (χ2n) is 5.05. The molecule has 1 aliphatic rings. The van der Waals surface area contributed by atoms with Crippen LogP contribution in [-0.4, -0.2) is 24.5 Å². The van der Waals surface area contributed by atoms with E-state index in [4.69, 9.17) is 0 Å². The predicted octanol–water partition coefficient (Wildman–Crippen LogP) is 3.86. The van der Waals surface area contributed by atoms with Crippen molar-refractivity contribution in [2.45, 2.75) is 26.2 Å². The van der Waals surface area contributed by atoms with Gasteiger partial charge in [-0.1, -0.05) is 13.0 Å². The van der Waals surface area contributed by atoms with Crippen molar-refractivity contribution < 1.29 is 4.39 Å². The van der Waals surface area contributed by atoms with Crippen LogP contribution in [0, 0.1) is 11.7 Å². The maximum Gasteiger partial charge on any atom is 0.137 e. The smallest absolute Gasteiger partial charge is 0.137 e. The van der Waals surface area contributed by atoms with Crippen molar-refractivity contribution in [3.05, 3.63) is 34.1 Å². The highest BCUT2D eigenvalue weighted by atomic mass is 79.9. The standard InChI is InChI=1S/C14H19BrFN/c1-11-3-2-7-17(10-11)8-6-12-4-5-14(16)13(15)9-12/h4-5,9,11H,2-3,6-8,10H2,1H3. The number of nitrogens with zero attached hydrogens (tertiary/aromatic N) is 1. The minimum atomic E-state index is -0.180. The molecule has 0 N–H and O–H groups in total. The van der Waals surface area contributed by atoms with Crippen LogP contribution in [0.5, 0.6) is 0 Å². The first-order valence-electron chi connectivity index (χ1n) is 6.31. The fourth-order valence-corrected chi connectivity index (χ4v) is 2.90. The fraction of sp³-hybridized carbons (Fsp3) is 0.571. The molecule has 1 saturated heterocycles. The molecule has 1 aromatic carbocycles. The lowest BCUT2D eigenvalue weighted by Gasteiger charge is -2.30. The van der Waals surface area contributed by atoms with E-state index in [1.807, 2.05) is 12.1 Å². The molecule has 1 aromatic rings. The molecule has 0 aliphatic carbocycles. The Balaban J connectivity index is 1.86. The molecule has 0 amide bonds. The number of rotatable bonds is 3. The van der Waals surface area contributed by atoms with Gasteiger partial charge in [-0.15, -0.1) is 0 Å². The monoisotopic (exact) mass is 299 g/mol. The van der Waals surface area contributed by atoms with E-state index in [1.165, 1.54) is 37.6 Å². The molecule has 0 spiro atoms. The van der Waals surface area contributed by atoms with E-state index in [1.54, 1.807) is 0 Å². The highest BCUT2D eigenvalue weighted by Gasteiger charge is 2.15. The average Bonchev–Trinajstić information content (AvgIpc) is 2.31. The molecule has 1 fully saturated rings. The van der Waals surface area contributed by atoms with Crippen molar-refractivity contribution in [2.24, 2.45) is 5.92 Å². The molecule has 0 bridgehead atoms. The molecule has 1 heterocycles. The van der Waals surface area contributed by atoms with E-state index < -0.39 is 0 Å². The molecule has 17 heavy (non-hydrogen) atoms. The highest BCUT2D eigenvalue weighted by Crippen LogP contribution is 2.19. The van der Waals surface area contributed by atoms with Crippen LogP contribution < -0.4 is 0 Å². The summed E-state index contributed by atoms with van der Waals surface area (Å²) in [6.45, 7) is 5.83. The molecule has 1 nitrogen and oxygen atoms in total. The Labute approximate surface area is 111 Å². The Morgan fingerprint density at radius 2 is 2.29 bits per heavy atom. The minimum absolute atomic E-state index is 0.180. The zero-order valence-corrected chi connectivity index (χ0v) is 11.8. The van der Waals surface area contributed by atoms with Crippen molar-refractivity contribution in [3.8, 4) is 0 Å². The SMILES string of the molecule is CC1CCCN(CCc2ccc(F)c(Br)c2)C1. The maximum absolute atomic E-state index is 13.1. The van der Waals surface area contributed by atoms with E-state index in [9.17, 15) is 4.39 Å². The van der Waals surface area contributed by atoms with Crippen LogP contribution in [0.2, 0.25) is 0 Å². The van der Waals surface area contributed by atoms with Gasteiger partial charge in [-0.2, -0.15) is 0 Å². The quantitative estimate of drug-likeness (QED) is 0.819. The summed E-state index contributed by atoms with van der Waals surface area (Å²) in [5.74, 6) is 0.643. The molecule has 1 unspecified atom stereocenters. The summed E-state index contributed by atoms with van der Waals surface area (Å²) < 4.78 is 13.7. The van der Waals surface area contributed by atoms with Crippen molar-refractivity contribution >= 4 is 15.9 Å². The van der Waals surface area contributed by atoms with Crippen molar-refractivity contribution in [1.29, 1.82) is 0 Å². The van der Waals surface area contributed by atoms with Crippen LogP contribution in [0.25, 0.3) is 0 Å². The number of piperidine rings is 1. The largest absolute Gasteiger partial charge is 0.303 e. The van der Waals surface area contributed by atoms with Gasteiger partial charge in [0.1, 0.15) is 5.82 Å². The molecule has 94 valence electrons. The lowest BCUT2D eigenvalue weighted by Crippen LogP contribution is -2.35. The van der Waals surface area contributed by atoms with Gasteiger partial charge >= 0.3 is 0 Å². The average molecular weight is 300 g/mol. The summed E-state index contributed by atoms with van der Waals surface area (Å²) in [7, 11) is 0. The van der Waals surface area contributed by atoms with E-state index >= 15 is 0 Å². The molecule has 1 atom stereocenters. The van der Waals surface area contributed by atoms with Gasteiger partial charge < -0.3 is 4.90 Å². The number of hydrogen-bond donors (Lipinski definition) is 0. The molecule has 0 aromatic heterocycles. The van der Waals surface area contributed by atoms with Gasteiger partial charge in [0, 0.05) is 13.1 Å². The summed E-state index contributed by atoms with van der Waals surface area (Å²) in [4.78, 5) is 2.52. The zero-order valence-electron chi connectivity index (χ0n) is 10.3. The van der Waals surface area contributed by atoms with E-state index in [0.29, 0.717) is 4.47 Å². The Kier molecular flexibility index (Phi) is 4.57. The van der Waals surface area contributed by atoms with E-state index in [0.717, 1.165) is 18.9 Å². The molecule has 3 heteroatoms. The molecule has 0 radical (unpaired) electrons. The van der Waals surface area contributed by atoms with Gasteiger partial charge in [-0.05, 0) is 65.4 Å². The first-order valence-corrected chi connectivity index (χ1v) is 7.11. The summed E-state index contributed by atoms with van der Waals surface area (Å²) in [6, 6.07) is 5.31. The molecule has 1 aliphatic heterocycles. The Morgan fingerprint density at radius 3 is 3.00 bits per heavy atom. The number of benzene rings is 1. The minimum Gasteiger partial charge on any atom is -0.303 e. The second kappa shape index (κ2) is 5.96. The summed E-state index contributed by atoms with van der Waals surface area (Å²) in [5, 5.41) is 0. The molecule has 2 rings (SSSR count). The third kappa shape index (κ3) is 3.78. The summed E-state index contributed by atoms with van der Waals surface area (Å²) in [6.07, 6.45) is 3.68. The normalized spacial score (nSPS) is 21.7. The molecular formula is C14H19BrFN. The van der Waals surface area contributed by atoms with Gasteiger partial charge in [0.25, 0.3) is 0 Å². The number of hydrogen-bond acceptors (Lipinski definition) is 1. The third-order valence-electron chi connectivity index (χ3n) is 3.44. The predicted molar refractivity (Wildman–Crippen MR) is 72.6 cm³/mol. The van der Waals surface area contributed by atoms with Crippen LogP contribution in [0.15, 0.2) is 22.7 Å². The van der Waals surface area contributed by atoms with Crippen molar-refractivity contribution in [1.82, 2.24) is 4.90 Å². The van der Waals surface area contributed by atoms with Crippen LogP contribution in [0.1, 0.15) is 25.3 Å². The first-order chi connectivity index (χ1) is 8.15. The lowest BCUT2D eigenvalue weighted by molar-refractivity contribution is 0.186. The number of halogens is 2. The Morgan fingerprint density at radius 1 is 1.47 bits per heavy atom. The van der Waals surface area contributed by atoms with Crippen LogP contribution in [-0.2, 0) is 6.42 Å². The van der Waals surface area contributed by atoms with Crippen molar-refractivity contribution in [3.63, 3.8) is 0 Å². The van der Waals surface area contributed by atoms with Gasteiger partial charge in [-0.3, -0.25) is 0 Å².